The molecule has 0 aromatic carbocycles. The smallest absolute Gasteiger partial charge is 0.0229 e. The summed E-state index contributed by atoms with van der Waals surface area (Å²) in [5, 5.41) is 0. The highest BCUT2D eigenvalue weighted by Gasteiger charge is 2.12. The third-order valence-electron chi connectivity index (χ3n) is 1.63. The van der Waals surface area contributed by atoms with Crippen LogP contribution in [0.15, 0.2) is 17.3 Å². The van der Waals surface area contributed by atoms with E-state index in [9.17, 15) is 0 Å². The topological polar surface area (TPSA) is 12.4 Å². The maximum Gasteiger partial charge on any atom is 0.0229 e. The van der Waals surface area contributed by atoms with Crippen molar-refractivity contribution in [2.24, 2.45) is 10.4 Å². The Morgan fingerprint density at radius 1 is 1.44 bits per heavy atom. The Bertz CT molecular complexity index is 143. The highest BCUT2D eigenvalue weighted by molar-refractivity contribution is 5.58. The number of rotatable bonds is 0. The molecule has 0 unspecified atom stereocenters. The molecule has 0 aromatic rings. The van der Waals surface area contributed by atoms with E-state index in [-0.39, 0.29) is 0 Å². The molecule has 0 saturated heterocycles. The van der Waals surface area contributed by atoms with Crippen molar-refractivity contribution in [2.45, 2.75) is 26.7 Å². The van der Waals surface area contributed by atoms with Crippen LogP contribution in [0.5, 0.6) is 0 Å². The second-order valence-electron chi connectivity index (χ2n) is 3.17. The van der Waals surface area contributed by atoms with Gasteiger partial charge in [-0.05, 0) is 18.3 Å². The summed E-state index contributed by atoms with van der Waals surface area (Å²) >= 11 is 0. The van der Waals surface area contributed by atoms with Crippen LogP contribution in [0.3, 0.4) is 0 Å². The maximum atomic E-state index is 4.06. The van der Waals surface area contributed by atoms with Gasteiger partial charge in [0.05, 0.1) is 0 Å². The first kappa shape index (κ1) is 6.53. The molecule has 0 N–H and O–H groups in total. The number of allylic oxidation sites excluding steroid dienone is 1. The van der Waals surface area contributed by atoms with Crippen LogP contribution in [0.1, 0.15) is 26.7 Å². The molecule has 1 heteroatoms. The standard InChI is InChI=1S/C8H13N/c1-8(2)4-3-6-9-7-5-8/h5-7H,3-4H2,1-2H3. The lowest BCUT2D eigenvalue weighted by Gasteiger charge is -2.16. The molecular weight excluding hydrogens is 110 g/mol. The van der Waals surface area contributed by atoms with Crippen molar-refractivity contribution in [3.8, 4) is 0 Å². The maximum absolute atomic E-state index is 4.06. The van der Waals surface area contributed by atoms with Crippen LogP contribution in [0, 0.1) is 5.41 Å². The molecule has 1 nitrogen and oxygen atoms in total. The molecule has 50 valence electrons. The molecule has 0 saturated carbocycles. The second kappa shape index (κ2) is 2.34. The van der Waals surface area contributed by atoms with Crippen LogP contribution in [0.25, 0.3) is 0 Å². The van der Waals surface area contributed by atoms with Crippen molar-refractivity contribution in [1.29, 1.82) is 0 Å². The van der Waals surface area contributed by atoms with Gasteiger partial charge < -0.3 is 0 Å². The molecule has 0 atom stereocenters. The lowest BCUT2D eigenvalue weighted by Crippen LogP contribution is -2.05. The van der Waals surface area contributed by atoms with Crippen molar-refractivity contribution in [1.82, 2.24) is 0 Å². The van der Waals surface area contributed by atoms with Gasteiger partial charge in [0.15, 0.2) is 0 Å². The first-order chi connectivity index (χ1) is 4.21. The number of nitrogens with zero attached hydrogens (tertiary/aromatic N) is 1. The van der Waals surface area contributed by atoms with Crippen molar-refractivity contribution < 1.29 is 0 Å². The van der Waals surface area contributed by atoms with E-state index in [1.807, 2.05) is 12.4 Å². The molecule has 0 aliphatic carbocycles. The van der Waals surface area contributed by atoms with Crippen LogP contribution in [-0.4, -0.2) is 6.21 Å². The van der Waals surface area contributed by atoms with Crippen LogP contribution in [0.4, 0.5) is 0 Å². The zero-order valence-corrected chi connectivity index (χ0v) is 6.09. The fraction of sp³-hybridized carbons (Fsp3) is 0.625. The molecule has 9 heavy (non-hydrogen) atoms. The van der Waals surface area contributed by atoms with Gasteiger partial charge in [0, 0.05) is 12.4 Å². The lowest BCUT2D eigenvalue weighted by atomic mass is 9.89. The third-order valence-corrected chi connectivity index (χ3v) is 1.63. The van der Waals surface area contributed by atoms with Gasteiger partial charge in [0.1, 0.15) is 0 Å². The van der Waals surface area contributed by atoms with E-state index in [1.165, 1.54) is 6.42 Å². The van der Waals surface area contributed by atoms with Crippen LogP contribution in [-0.2, 0) is 0 Å². The molecular formula is C8H13N. The van der Waals surface area contributed by atoms with E-state index < -0.39 is 0 Å². The SMILES string of the molecule is CC1(C)C=CN=CCC1. The zero-order chi connectivity index (χ0) is 6.74. The minimum atomic E-state index is 0.358. The Balaban J connectivity index is 2.62. The minimum Gasteiger partial charge on any atom is -0.269 e. The molecule has 0 bridgehead atoms. The van der Waals surface area contributed by atoms with E-state index >= 15 is 0 Å². The van der Waals surface area contributed by atoms with Gasteiger partial charge >= 0.3 is 0 Å². The van der Waals surface area contributed by atoms with Crippen LogP contribution in [0.2, 0.25) is 0 Å². The summed E-state index contributed by atoms with van der Waals surface area (Å²) in [5.41, 5.74) is 0.358. The van der Waals surface area contributed by atoms with E-state index in [0.29, 0.717) is 5.41 Å². The summed E-state index contributed by atoms with van der Waals surface area (Å²) in [7, 11) is 0. The van der Waals surface area contributed by atoms with Crippen LogP contribution < -0.4 is 0 Å². The summed E-state index contributed by atoms with van der Waals surface area (Å²) < 4.78 is 0. The molecule has 0 spiro atoms. The van der Waals surface area contributed by atoms with Crippen LogP contribution >= 0.6 is 0 Å². The number of aliphatic imine (C=N–C) groups is 1. The predicted octanol–water partition coefficient (Wildman–Crippen LogP) is 2.39. The summed E-state index contributed by atoms with van der Waals surface area (Å²) in [6, 6.07) is 0. The van der Waals surface area contributed by atoms with Crippen molar-refractivity contribution >= 4 is 6.21 Å². The van der Waals surface area contributed by atoms with Crippen molar-refractivity contribution in [3.63, 3.8) is 0 Å². The normalized spacial score (nSPS) is 23.8. The van der Waals surface area contributed by atoms with E-state index in [0.717, 1.165) is 6.42 Å². The number of hydrogen-bond acceptors (Lipinski definition) is 1. The first-order valence-electron chi connectivity index (χ1n) is 3.40. The van der Waals surface area contributed by atoms with E-state index in [2.05, 4.69) is 24.9 Å². The fourth-order valence-electron chi connectivity index (χ4n) is 0.900. The highest BCUT2D eigenvalue weighted by Crippen LogP contribution is 2.24. The summed E-state index contributed by atoms with van der Waals surface area (Å²) in [6.45, 7) is 4.47. The monoisotopic (exact) mass is 123 g/mol. The highest BCUT2D eigenvalue weighted by atomic mass is 14.7. The summed E-state index contributed by atoms with van der Waals surface area (Å²) in [6.07, 6.45) is 8.36. The van der Waals surface area contributed by atoms with E-state index in [4.69, 9.17) is 0 Å². The van der Waals surface area contributed by atoms with Gasteiger partial charge in [-0.2, -0.15) is 0 Å². The molecule has 0 aromatic heterocycles. The molecule has 1 rings (SSSR count). The number of hydrogen-bond donors (Lipinski definition) is 0. The zero-order valence-electron chi connectivity index (χ0n) is 6.09. The molecule has 0 radical (unpaired) electrons. The average molecular weight is 123 g/mol. The van der Waals surface area contributed by atoms with Gasteiger partial charge in [-0.15, -0.1) is 0 Å². The van der Waals surface area contributed by atoms with Gasteiger partial charge in [-0.25, -0.2) is 0 Å². The van der Waals surface area contributed by atoms with Gasteiger partial charge in [-0.3, -0.25) is 4.99 Å². The van der Waals surface area contributed by atoms with Gasteiger partial charge in [0.25, 0.3) is 0 Å². The Kier molecular flexibility index (Phi) is 1.70. The summed E-state index contributed by atoms with van der Waals surface area (Å²) in [4.78, 5) is 4.06. The Morgan fingerprint density at radius 2 is 2.22 bits per heavy atom. The Labute approximate surface area is 56.5 Å². The molecule has 1 heterocycles. The second-order valence-corrected chi connectivity index (χ2v) is 3.17. The van der Waals surface area contributed by atoms with Crippen molar-refractivity contribution in [3.05, 3.63) is 12.3 Å². The Morgan fingerprint density at radius 3 is 3.00 bits per heavy atom. The van der Waals surface area contributed by atoms with Crippen molar-refractivity contribution in [2.75, 3.05) is 0 Å². The largest absolute Gasteiger partial charge is 0.269 e. The predicted molar refractivity (Wildman–Crippen MR) is 40.6 cm³/mol. The van der Waals surface area contributed by atoms with Gasteiger partial charge in [-0.1, -0.05) is 19.9 Å². The quantitative estimate of drug-likeness (QED) is 0.469. The summed E-state index contributed by atoms with van der Waals surface area (Å²) in [5.74, 6) is 0. The fourth-order valence-corrected chi connectivity index (χ4v) is 0.900. The average Bonchev–Trinajstić information content (AvgIpc) is 1.92. The molecule has 0 amide bonds. The lowest BCUT2D eigenvalue weighted by molar-refractivity contribution is 0.451. The first-order valence-corrected chi connectivity index (χ1v) is 3.40. The van der Waals surface area contributed by atoms with E-state index in [1.54, 1.807) is 0 Å². The van der Waals surface area contributed by atoms with Gasteiger partial charge in [0.2, 0.25) is 0 Å². The molecule has 1 aliphatic heterocycles. The molecule has 1 aliphatic rings. The molecule has 0 fully saturated rings. The minimum absolute atomic E-state index is 0.358. The Hall–Kier alpha value is -0.590. The third kappa shape index (κ3) is 2.00.